The maximum Gasteiger partial charge on any atom is 0.164 e. The van der Waals surface area contributed by atoms with Gasteiger partial charge in [-0.1, -0.05) is 176 Å². The van der Waals surface area contributed by atoms with Gasteiger partial charge in [0.1, 0.15) is 11.2 Å². The molecule has 4 heteroatoms. The van der Waals surface area contributed by atoms with E-state index >= 15 is 0 Å². The van der Waals surface area contributed by atoms with E-state index in [0.717, 1.165) is 82.3 Å². The van der Waals surface area contributed by atoms with Crippen molar-refractivity contribution in [3.05, 3.63) is 212 Å². The molecule has 0 saturated heterocycles. The first kappa shape index (κ1) is 35.3. The highest BCUT2D eigenvalue weighted by molar-refractivity contribution is 6.18. The second-order valence-electron chi connectivity index (χ2n) is 16.3. The van der Waals surface area contributed by atoms with E-state index < -0.39 is 0 Å². The highest BCUT2D eigenvalue weighted by Gasteiger charge is 2.21. The highest BCUT2D eigenvalue weighted by atomic mass is 16.3. The summed E-state index contributed by atoms with van der Waals surface area (Å²) in [7, 11) is 0. The second-order valence-corrected chi connectivity index (χ2v) is 16.3. The largest absolute Gasteiger partial charge is 0.456 e. The first-order chi connectivity index (χ1) is 31.2. The minimum absolute atomic E-state index is 0.620. The monoisotopic (exact) mass is 801 g/mol. The average molecular weight is 802 g/mol. The van der Waals surface area contributed by atoms with Crippen LogP contribution in [-0.4, -0.2) is 15.0 Å². The Morgan fingerprint density at radius 3 is 1.65 bits per heavy atom. The van der Waals surface area contributed by atoms with Crippen molar-refractivity contribution in [2.75, 3.05) is 0 Å². The van der Waals surface area contributed by atoms with Gasteiger partial charge in [0.25, 0.3) is 0 Å². The summed E-state index contributed by atoms with van der Waals surface area (Å²) in [5.74, 6) is 1.88. The number of benzene rings is 11. The zero-order chi connectivity index (χ0) is 41.4. The molecule has 13 rings (SSSR count). The number of nitrogens with zero attached hydrogens (tertiary/aromatic N) is 3. The third-order valence-corrected chi connectivity index (χ3v) is 12.7. The molecule has 0 unspecified atom stereocenters. The molecule has 63 heavy (non-hydrogen) atoms. The Morgan fingerprint density at radius 1 is 0.254 bits per heavy atom. The first-order valence-corrected chi connectivity index (χ1v) is 21.3. The van der Waals surface area contributed by atoms with Crippen molar-refractivity contribution in [2.24, 2.45) is 0 Å². The number of furan rings is 1. The molecule has 0 radical (unpaired) electrons. The van der Waals surface area contributed by atoms with Crippen molar-refractivity contribution in [2.45, 2.75) is 0 Å². The lowest BCUT2D eigenvalue weighted by molar-refractivity contribution is 0.669. The van der Waals surface area contributed by atoms with Gasteiger partial charge in [0.2, 0.25) is 0 Å². The standard InChI is InChI=1S/C59H35N3O/c1-2-15-38-33-41(28-27-36(38)13-1)57-60-58(62-59(61-57)52-34-39-16-4-6-19-44(39)45-20-7-10-23-48(45)52)51-31-30-49(46-21-8-9-22-47(46)51)50-25-12-26-55-56(50)53-35-40(29-32-54(53)63-55)43-24-11-17-37-14-3-5-18-42(37)43/h1-35H. The summed E-state index contributed by atoms with van der Waals surface area (Å²) in [6, 6.07) is 75.2. The van der Waals surface area contributed by atoms with E-state index in [-0.39, 0.29) is 0 Å². The lowest BCUT2D eigenvalue weighted by atomic mass is 9.91. The van der Waals surface area contributed by atoms with E-state index in [2.05, 4.69) is 212 Å². The van der Waals surface area contributed by atoms with E-state index in [9.17, 15) is 0 Å². The van der Waals surface area contributed by atoms with Crippen molar-refractivity contribution in [3.63, 3.8) is 0 Å². The number of hydrogen-bond donors (Lipinski definition) is 0. The van der Waals surface area contributed by atoms with Crippen molar-refractivity contribution in [1.82, 2.24) is 15.0 Å². The van der Waals surface area contributed by atoms with Crippen molar-refractivity contribution in [1.29, 1.82) is 0 Å². The van der Waals surface area contributed by atoms with Gasteiger partial charge in [0.15, 0.2) is 17.5 Å². The molecule has 0 aliphatic rings. The molecule has 0 amide bonds. The fourth-order valence-corrected chi connectivity index (χ4v) is 9.74. The maximum atomic E-state index is 6.57. The number of aromatic nitrogens is 3. The lowest BCUT2D eigenvalue weighted by Crippen LogP contribution is -2.01. The van der Waals surface area contributed by atoms with Gasteiger partial charge in [0, 0.05) is 27.5 Å². The SMILES string of the molecule is c1ccc2cc(-c3nc(-c4ccc(-c5cccc6oc7ccc(-c8cccc9ccccc89)cc7c56)c5ccccc45)nc(-c4cc5ccccc5c5ccccc45)n3)ccc2c1. The predicted molar refractivity (Wildman–Crippen MR) is 262 cm³/mol. The Morgan fingerprint density at radius 2 is 0.825 bits per heavy atom. The summed E-state index contributed by atoms with van der Waals surface area (Å²) in [5.41, 5.74) is 9.15. The van der Waals surface area contributed by atoms with Crippen LogP contribution in [0.2, 0.25) is 0 Å². The van der Waals surface area contributed by atoms with Gasteiger partial charge in [-0.15, -0.1) is 0 Å². The van der Waals surface area contributed by atoms with Gasteiger partial charge < -0.3 is 4.42 Å². The van der Waals surface area contributed by atoms with Crippen LogP contribution in [0.25, 0.3) is 132 Å². The summed E-state index contributed by atoms with van der Waals surface area (Å²) in [6.45, 7) is 0. The van der Waals surface area contributed by atoms with Crippen LogP contribution in [0, 0.1) is 0 Å². The molecule has 0 aliphatic heterocycles. The van der Waals surface area contributed by atoms with E-state index in [1.165, 1.54) is 32.5 Å². The van der Waals surface area contributed by atoms with Crippen LogP contribution in [-0.2, 0) is 0 Å². The van der Waals surface area contributed by atoms with Gasteiger partial charge in [-0.05, 0) is 113 Å². The summed E-state index contributed by atoms with van der Waals surface area (Å²) in [4.78, 5) is 16.0. The van der Waals surface area contributed by atoms with Crippen LogP contribution in [0.5, 0.6) is 0 Å². The van der Waals surface area contributed by atoms with E-state index in [1.807, 2.05) is 0 Å². The molecule has 0 N–H and O–H groups in total. The maximum absolute atomic E-state index is 6.57. The van der Waals surface area contributed by atoms with Crippen LogP contribution in [0.3, 0.4) is 0 Å². The molecule has 13 aromatic rings. The summed E-state index contributed by atoms with van der Waals surface area (Å²) in [5, 5.41) is 13.7. The Balaban J connectivity index is 1.03. The number of hydrogen-bond acceptors (Lipinski definition) is 4. The molecule has 4 nitrogen and oxygen atoms in total. The highest BCUT2D eigenvalue weighted by Crippen LogP contribution is 2.43. The fraction of sp³-hybridized carbons (Fsp3) is 0. The van der Waals surface area contributed by atoms with Gasteiger partial charge >= 0.3 is 0 Å². The Labute approximate surface area is 362 Å². The molecular formula is C59H35N3O. The predicted octanol–water partition coefficient (Wildman–Crippen LogP) is 15.9. The molecule has 0 saturated carbocycles. The van der Waals surface area contributed by atoms with Gasteiger partial charge in [-0.2, -0.15) is 0 Å². The van der Waals surface area contributed by atoms with Gasteiger partial charge in [-0.3, -0.25) is 0 Å². The van der Waals surface area contributed by atoms with Crippen LogP contribution in [0.15, 0.2) is 217 Å². The van der Waals surface area contributed by atoms with E-state index in [0.29, 0.717) is 17.5 Å². The van der Waals surface area contributed by atoms with Crippen molar-refractivity contribution >= 4 is 75.8 Å². The molecule has 0 bridgehead atoms. The van der Waals surface area contributed by atoms with Crippen LogP contribution < -0.4 is 0 Å². The topological polar surface area (TPSA) is 51.8 Å². The Kier molecular flexibility index (Phi) is 7.87. The van der Waals surface area contributed by atoms with E-state index in [1.54, 1.807) is 0 Å². The quantitative estimate of drug-likeness (QED) is 0.163. The number of rotatable bonds is 5. The molecular weight excluding hydrogens is 767 g/mol. The zero-order valence-corrected chi connectivity index (χ0v) is 34.0. The zero-order valence-electron chi connectivity index (χ0n) is 34.0. The molecule has 292 valence electrons. The molecule has 11 aromatic carbocycles. The summed E-state index contributed by atoms with van der Waals surface area (Å²) >= 11 is 0. The molecule has 0 atom stereocenters. The Bertz CT molecular complexity index is 3990. The molecule has 2 aromatic heterocycles. The minimum Gasteiger partial charge on any atom is -0.456 e. The molecule has 0 fully saturated rings. The third-order valence-electron chi connectivity index (χ3n) is 12.7. The summed E-state index contributed by atoms with van der Waals surface area (Å²) < 4.78 is 6.57. The smallest absolute Gasteiger partial charge is 0.164 e. The third kappa shape index (κ3) is 5.73. The van der Waals surface area contributed by atoms with Crippen LogP contribution in [0.4, 0.5) is 0 Å². The average Bonchev–Trinajstić information content (AvgIpc) is 3.74. The number of fused-ring (bicyclic) bond motifs is 9. The Hall–Kier alpha value is -8.47. The van der Waals surface area contributed by atoms with Gasteiger partial charge in [-0.25, -0.2) is 15.0 Å². The second kappa shape index (κ2) is 14.1. The van der Waals surface area contributed by atoms with Crippen molar-refractivity contribution in [3.8, 4) is 56.4 Å². The normalized spacial score (nSPS) is 11.8. The molecule has 0 spiro atoms. The van der Waals surface area contributed by atoms with Crippen LogP contribution in [0.1, 0.15) is 0 Å². The van der Waals surface area contributed by atoms with E-state index in [4.69, 9.17) is 19.4 Å². The van der Waals surface area contributed by atoms with Gasteiger partial charge in [0.05, 0.1) is 0 Å². The van der Waals surface area contributed by atoms with Crippen LogP contribution >= 0.6 is 0 Å². The fourth-order valence-electron chi connectivity index (χ4n) is 9.74. The molecule has 2 heterocycles. The first-order valence-electron chi connectivity index (χ1n) is 21.3. The van der Waals surface area contributed by atoms with Crippen molar-refractivity contribution < 1.29 is 4.42 Å². The molecule has 0 aliphatic carbocycles. The lowest BCUT2D eigenvalue weighted by Gasteiger charge is -2.15. The summed E-state index contributed by atoms with van der Waals surface area (Å²) in [6.07, 6.45) is 0. The minimum atomic E-state index is 0.620.